The van der Waals surface area contributed by atoms with E-state index in [1.807, 2.05) is 234 Å². The van der Waals surface area contributed by atoms with Gasteiger partial charge in [-0.3, -0.25) is 14.4 Å². The first kappa shape index (κ1) is 75.2. The lowest BCUT2D eigenvalue weighted by molar-refractivity contribution is -0.158. The van der Waals surface area contributed by atoms with Gasteiger partial charge in [0.25, 0.3) is 0 Å². The Morgan fingerprint density at radius 1 is 0.449 bits per heavy atom. The number of benzene rings is 8. The van der Waals surface area contributed by atoms with Gasteiger partial charge in [-0.15, -0.1) is 24.0 Å². The van der Waals surface area contributed by atoms with Gasteiger partial charge in [0.15, 0.2) is 11.2 Å². The first-order chi connectivity index (χ1) is 47.1. The van der Waals surface area contributed by atoms with Crippen LogP contribution in [0.5, 0.6) is 0 Å². The molecule has 2 heterocycles. The van der Waals surface area contributed by atoms with Crippen molar-refractivity contribution < 1.29 is 34.9 Å². The number of unbranched alkanes of at least 4 members (excludes halogenated alkanes) is 6. The third-order valence-corrected chi connectivity index (χ3v) is 18.5. The highest BCUT2D eigenvalue weighted by molar-refractivity contribution is 14.0. The van der Waals surface area contributed by atoms with Crippen LogP contribution in [0.3, 0.4) is 0 Å². The second-order valence-corrected chi connectivity index (χ2v) is 25.9. The molecule has 98 heavy (non-hydrogen) atoms. The number of halogens is 3. The lowest BCUT2D eigenvalue weighted by atomic mass is 9.79. The summed E-state index contributed by atoms with van der Waals surface area (Å²) in [4.78, 5) is 76.3. The summed E-state index contributed by atoms with van der Waals surface area (Å²) in [5, 5.41) is 11.8. The van der Waals surface area contributed by atoms with Crippen LogP contribution in [-0.2, 0) is 57.5 Å². The fraction of sp³-hybridized carbons (Fsp3) is 0.305. The van der Waals surface area contributed by atoms with E-state index < -0.39 is 59.1 Å². The number of para-hydroxylation sites is 2. The number of rotatable bonds is 31. The third kappa shape index (κ3) is 18.8. The smallest absolute Gasteiger partial charge is 0.330 e. The van der Waals surface area contributed by atoms with E-state index in [9.17, 15) is 24.0 Å². The SMILES string of the molecule is CCCC(NC(=O)C(N)Cc1c[nH]c2ccccc12)C(=O)OC(c1ccccc1)(c1ccc(C)cc1)c1ccccc1Cl.CCCCCCCCCC(=O)NC(Cc1c[nH]c2ccccc12)C(=O)NC(CCC)C(=O)OC(c1ccccc1)(c1ccc(C)cc1)c1ccccc1Cl.I.[HH]. The average Bonchev–Trinajstić information content (AvgIpc) is 1.35. The van der Waals surface area contributed by atoms with Crippen LogP contribution >= 0.6 is 47.2 Å². The summed E-state index contributed by atoms with van der Waals surface area (Å²) in [6.45, 7) is 10.1. The number of H-pyrrole nitrogens is 2. The molecule has 7 N–H and O–H groups in total. The highest BCUT2D eigenvalue weighted by Crippen LogP contribution is 2.46. The number of esters is 2. The molecule has 0 saturated carbocycles. The maximum Gasteiger partial charge on any atom is 0.330 e. The lowest BCUT2D eigenvalue weighted by Gasteiger charge is -2.37. The average molecular weight is 1470 g/mol. The highest BCUT2D eigenvalue weighted by atomic mass is 127. The Morgan fingerprint density at radius 2 is 0.837 bits per heavy atom. The van der Waals surface area contributed by atoms with E-state index in [4.69, 9.17) is 38.4 Å². The fourth-order valence-corrected chi connectivity index (χ4v) is 13.2. The van der Waals surface area contributed by atoms with Crippen LogP contribution in [0.25, 0.3) is 21.8 Å². The fourth-order valence-electron chi connectivity index (χ4n) is 12.7. The summed E-state index contributed by atoms with van der Waals surface area (Å²) >= 11 is 13.7. The van der Waals surface area contributed by atoms with Gasteiger partial charge in [-0.1, -0.05) is 288 Å². The number of nitrogens with two attached hydrogens (primary N) is 1. The maximum absolute atomic E-state index is 14.6. The van der Waals surface area contributed by atoms with Crippen molar-refractivity contribution in [3.8, 4) is 0 Å². The number of fused-ring (bicyclic) bond motifs is 2. The minimum atomic E-state index is -1.42. The number of hydrogen-bond acceptors (Lipinski definition) is 8. The first-order valence-electron chi connectivity index (χ1n) is 34.1. The van der Waals surface area contributed by atoms with E-state index in [-0.39, 0.29) is 37.7 Å². The van der Waals surface area contributed by atoms with Gasteiger partial charge in [0, 0.05) is 91.9 Å². The Morgan fingerprint density at radius 3 is 1.29 bits per heavy atom. The van der Waals surface area contributed by atoms with Crippen LogP contribution in [-0.4, -0.2) is 63.8 Å². The van der Waals surface area contributed by atoms with Crippen molar-refractivity contribution in [2.24, 2.45) is 5.73 Å². The predicted molar refractivity (Wildman–Crippen MR) is 408 cm³/mol. The lowest BCUT2D eigenvalue weighted by Crippen LogP contribution is -2.53. The van der Waals surface area contributed by atoms with Crippen LogP contribution in [0.15, 0.2) is 219 Å². The predicted octanol–water partition coefficient (Wildman–Crippen LogP) is 17.8. The van der Waals surface area contributed by atoms with Crippen LogP contribution in [0.1, 0.15) is 155 Å². The molecule has 0 spiro atoms. The standard InChI is InChI=1S/C46H54ClN3O4.C36H36ClN3O3.HI.H2/c1-4-6-7-8-9-10-14-26-43(51)49-42(31-34-32-48-40-25-18-15-22-37(34)40)44(52)50-41(19-5-2)45(53)54-46(35-20-12-11-13-21-35,36-29-27-33(3)28-30-36)38-23-16-17-24-39(38)47;1-3-11-33(40-34(41)31(38)22-25-23-39-32-17-10-7-14-28(25)32)35(42)43-36(26-12-5-4-6-13-26,27-20-18-24(2)19-21-27)29-15-8-9-16-30(29)37;;/h11-13,15-18,20-25,27-30,32,41-42,48H,4-10,14,19,26,31H2,1-3H3,(H,49,51)(H,50,52);4-10,12-21,23,31,33,39H,3,11,22,38H2,1-2H3,(H,40,41);2*1H. The Bertz CT molecular complexity index is 4210. The van der Waals surface area contributed by atoms with Crippen molar-refractivity contribution in [2.75, 3.05) is 0 Å². The van der Waals surface area contributed by atoms with Gasteiger partial charge < -0.3 is 41.1 Å². The zero-order chi connectivity index (χ0) is 68.7. The van der Waals surface area contributed by atoms with Gasteiger partial charge in [-0.25, -0.2) is 9.59 Å². The molecular weight excluding hydrogens is 1380 g/mol. The number of nitrogens with one attached hydrogen (secondary N) is 5. The molecule has 0 bridgehead atoms. The Labute approximate surface area is 605 Å². The minimum absolute atomic E-state index is 0. The highest BCUT2D eigenvalue weighted by Gasteiger charge is 2.46. The van der Waals surface area contributed by atoms with Crippen LogP contribution in [0.2, 0.25) is 10.0 Å². The van der Waals surface area contributed by atoms with Gasteiger partial charge in [-0.2, -0.15) is 0 Å². The van der Waals surface area contributed by atoms with Gasteiger partial charge >= 0.3 is 11.9 Å². The summed E-state index contributed by atoms with van der Waals surface area (Å²) in [5.41, 5.74) is 13.6. The van der Waals surface area contributed by atoms with E-state index in [1.54, 1.807) is 12.1 Å². The number of carbonyl (C=O) groups excluding carboxylic acids is 5. The Balaban J connectivity index is 0.000000279. The van der Waals surface area contributed by atoms with Crippen molar-refractivity contribution in [3.63, 3.8) is 0 Å². The van der Waals surface area contributed by atoms with Crippen molar-refractivity contribution in [3.05, 3.63) is 284 Å². The molecule has 0 aliphatic heterocycles. The van der Waals surface area contributed by atoms with Gasteiger partial charge in [0.05, 0.1) is 6.04 Å². The molecule has 16 heteroatoms. The summed E-state index contributed by atoms with van der Waals surface area (Å²) in [5.74, 6) is -2.21. The van der Waals surface area contributed by atoms with Crippen LogP contribution in [0.4, 0.5) is 0 Å². The van der Waals surface area contributed by atoms with E-state index in [2.05, 4.69) is 32.8 Å². The largest absolute Gasteiger partial charge is 0.443 e. The van der Waals surface area contributed by atoms with Crippen molar-refractivity contribution in [2.45, 2.75) is 160 Å². The maximum atomic E-state index is 14.6. The number of carbonyl (C=O) groups is 5. The zero-order valence-electron chi connectivity index (χ0n) is 56.6. The number of aromatic amines is 2. The number of aromatic nitrogens is 2. The number of ether oxygens (including phenoxy) is 2. The van der Waals surface area contributed by atoms with E-state index >= 15 is 0 Å². The molecule has 0 aliphatic rings. The van der Waals surface area contributed by atoms with Crippen molar-refractivity contribution >= 4 is 98.6 Å². The van der Waals surface area contributed by atoms with E-state index in [0.717, 1.165) is 80.0 Å². The first-order valence-corrected chi connectivity index (χ1v) is 34.8. The zero-order valence-corrected chi connectivity index (χ0v) is 60.4. The number of aryl methyl sites for hydroxylation is 2. The van der Waals surface area contributed by atoms with Gasteiger partial charge in [-0.05, 0) is 74.9 Å². The second kappa shape index (κ2) is 36.9. The van der Waals surface area contributed by atoms with Crippen LogP contribution < -0.4 is 21.7 Å². The molecule has 6 unspecified atom stereocenters. The number of amides is 3. The molecule has 3 amide bonds. The molecule has 0 aliphatic carbocycles. The summed E-state index contributed by atoms with van der Waals surface area (Å²) < 4.78 is 13.3. The van der Waals surface area contributed by atoms with Gasteiger partial charge in [0.1, 0.15) is 18.1 Å². The molecular formula is C82H93Cl2IN6O7. The third-order valence-electron chi connectivity index (χ3n) is 17.9. The van der Waals surface area contributed by atoms with Crippen LogP contribution in [0, 0.1) is 13.8 Å². The Kier molecular flexibility index (Phi) is 28.3. The van der Waals surface area contributed by atoms with Crippen molar-refractivity contribution in [1.82, 2.24) is 25.9 Å². The molecule has 0 radical (unpaired) electrons. The normalized spacial score (nSPS) is 13.6. The second-order valence-electron chi connectivity index (χ2n) is 25.1. The topological polar surface area (TPSA) is 197 Å². The molecule has 10 rings (SSSR count). The summed E-state index contributed by atoms with van der Waals surface area (Å²) in [6.07, 6.45) is 14.2. The number of hydrogen-bond donors (Lipinski definition) is 6. The van der Waals surface area contributed by atoms with E-state index in [0.29, 0.717) is 65.3 Å². The molecule has 514 valence electrons. The van der Waals surface area contributed by atoms with Crippen molar-refractivity contribution in [1.29, 1.82) is 0 Å². The Hall–Kier alpha value is -8.54. The molecule has 8 aromatic carbocycles. The molecule has 2 aromatic heterocycles. The molecule has 0 saturated heterocycles. The quantitative estimate of drug-likeness (QED) is 0.0107. The molecule has 6 atom stereocenters. The van der Waals surface area contributed by atoms with E-state index in [1.165, 1.54) is 25.7 Å². The minimum Gasteiger partial charge on any atom is -0.443 e. The molecule has 13 nitrogen and oxygen atoms in total. The summed E-state index contributed by atoms with van der Waals surface area (Å²) in [6, 6.07) is 61.6. The van der Waals surface area contributed by atoms with Gasteiger partial charge in [0.2, 0.25) is 17.7 Å². The summed E-state index contributed by atoms with van der Waals surface area (Å²) in [7, 11) is 0. The molecule has 10 aromatic rings. The monoisotopic (exact) mass is 1470 g/mol. The molecule has 0 fully saturated rings.